The quantitative estimate of drug-likeness (QED) is 0.0206. The summed E-state index contributed by atoms with van der Waals surface area (Å²) in [5, 5.41) is 76.9. The Labute approximate surface area is 419 Å². The lowest BCUT2D eigenvalue weighted by atomic mass is 9.92. The molecule has 22 nitrogen and oxygen atoms in total. The molecule has 2 unspecified atom stereocenters. The van der Waals surface area contributed by atoms with Crippen molar-refractivity contribution in [3.8, 4) is 0 Å². The van der Waals surface area contributed by atoms with Gasteiger partial charge in [-0.15, -0.1) is 0 Å². The first-order valence-corrected chi connectivity index (χ1v) is 26.9. The number of thioether (sulfide) groups is 1. The number of nitrogens with two attached hydrogens (primary N) is 2. The van der Waals surface area contributed by atoms with E-state index in [0.717, 1.165) is 5.56 Å². The molecule has 2 heterocycles. The zero-order valence-corrected chi connectivity index (χ0v) is 41.7. The molecule has 0 spiro atoms. The number of aliphatic hydroxyl groups is 4. The van der Waals surface area contributed by atoms with E-state index < -0.39 is 115 Å². The van der Waals surface area contributed by atoms with Crippen LogP contribution in [0.25, 0.3) is 0 Å². The molecule has 1 aromatic carbocycles. The molecule has 1 aromatic rings. The highest BCUT2D eigenvalue weighted by Gasteiger charge is 2.36. The van der Waals surface area contributed by atoms with Crippen molar-refractivity contribution in [1.29, 1.82) is 0 Å². The van der Waals surface area contributed by atoms with Crippen molar-refractivity contribution in [2.24, 2.45) is 34.2 Å². The Morgan fingerprint density at radius 1 is 0.871 bits per heavy atom. The number of nitrogens with zero attached hydrogens (tertiary/aromatic N) is 1. The molecule has 2 aliphatic rings. The summed E-state index contributed by atoms with van der Waals surface area (Å²) in [4.78, 5) is 108. The summed E-state index contributed by atoms with van der Waals surface area (Å²) < 4.78 is 0. The first-order valence-electron chi connectivity index (χ1n) is 23.3. The number of aliphatic hydroxyl groups excluding tert-OH is 4. The van der Waals surface area contributed by atoms with Crippen LogP contribution < -0.4 is 38.1 Å². The number of hydrogen-bond acceptors (Lipinski definition) is 18. The maximum Gasteiger partial charge on any atom is 0.305 e. The van der Waals surface area contributed by atoms with Crippen LogP contribution in [0.5, 0.6) is 0 Å². The Morgan fingerprint density at radius 3 is 2.26 bits per heavy atom. The van der Waals surface area contributed by atoms with E-state index in [1.807, 2.05) is 18.2 Å². The largest absolute Gasteiger partial charge is 0.481 e. The number of aliphatic imine (C=N–C) groups is 1. The number of benzene rings is 1. The Kier molecular flexibility index (Phi) is 27.3. The van der Waals surface area contributed by atoms with Gasteiger partial charge in [-0.3, -0.25) is 54.0 Å². The maximum absolute atomic E-state index is 13.9. The van der Waals surface area contributed by atoms with Gasteiger partial charge in [-0.2, -0.15) is 11.8 Å². The molecule has 3 rings (SSSR count). The van der Waals surface area contributed by atoms with Gasteiger partial charge in [0, 0.05) is 73.6 Å². The van der Waals surface area contributed by atoms with Gasteiger partial charge in [-0.25, -0.2) is 0 Å². The minimum atomic E-state index is -1.61. The number of hydrogen-bond donors (Lipinski definition) is 13. The summed E-state index contributed by atoms with van der Waals surface area (Å²) in [6.07, 6.45) is -7.99. The fourth-order valence-electron chi connectivity index (χ4n) is 7.82. The summed E-state index contributed by atoms with van der Waals surface area (Å²) in [6.45, 7) is 2.23. The van der Waals surface area contributed by atoms with Crippen LogP contribution in [0.15, 0.2) is 35.3 Å². The van der Waals surface area contributed by atoms with Crippen molar-refractivity contribution < 1.29 is 69.0 Å². The minimum absolute atomic E-state index is 0.0161. The number of aliphatic carboxylic acids is 2. The number of amides is 3. The highest BCUT2D eigenvalue weighted by Crippen LogP contribution is 2.31. The monoisotopic (exact) mass is 1040 g/mol. The molecule has 25 heteroatoms. The van der Waals surface area contributed by atoms with Crippen molar-refractivity contribution in [1.82, 2.24) is 26.6 Å². The smallest absolute Gasteiger partial charge is 0.305 e. The molecule has 0 aromatic heterocycles. The van der Waals surface area contributed by atoms with E-state index in [1.54, 1.807) is 19.1 Å². The minimum Gasteiger partial charge on any atom is -0.481 e. The summed E-state index contributed by atoms with van der Waals surface area (Å²) in [5.41, 5.74) is 11.7. The van der Waals surface area contributed by atoms with Gasteiger partial charge in [0.25, 0.3) is 0 Å². The molecule has 15 N–H and O–H groups in total. The van der Waals surface area contributed by atoms with E-state index in [9.17, 15) is 69.0 Å². The highest BCUT2D eigenvalue weighted by molar-refractivity contribution is 8.76. The Hall–Kier alpha value is -4.34. The fraction of sp³-hybridized carbons (Fsp3) is 0.667. The van der Waals surface area contributed by atoms with Crippen LogP contribution in [-0.4, -0.2) is 169 Å². The molecular formula is C45H70N8O14S3. The number of carboxylic acids is 2. The van der Waals surface area contributed by atoms with Crippen LogP contribution >= 0.6 is 33.3 Å². The Balaban J connectivity index is 1.77. The van der Waals surface area contributed by atoms with E-state index in [2.05, 4.69) is 31.6 Å². The molecule has 0 saturated carbocycles. The molecule has 0 radical (unpaired) electrons. The Bertz CT molecular complexity index is 1920. The molecule has 3 amide bonds. The zero-order valence-electron chi connectivity index (χ0n) is 39.2. The lowest BCUT2D eigenvalue weighted by molar-refractivity contribution is -0.140. The number of Topliss-reactive ketones (excluding diaryl/α,β-unsaturated/α-hetero) is 3. The molecule has 0 aliphatic carbocycles. The van der Waals surface area contributed by atoms with E-state index in [4.69, 9.17) is 11.5 Å². The van der Waals surface area contributed by atoms with Crippen LogP contribution in [0.4, 0.5) is 0 Å². The predicted molar refractivity (Wildman–Crippen MR) is 265 cm³/mol. The fourth-order valence-corrected chi connectivity index (χ4v) is 11.7. The topological polar surface area (TPSA) is 382 Å². The summed E-state index contributed by atoms with van der Waals surface area (Å²) in [7, 11) is 2.59. The second-order valence-electron chi connectivity index (χ2n) is 17.5. The summed E-state index contributed by atoms with van der Waals surface area (Å²) in [5.74, 6) is -7.89. The van der Waals surface area contributed by atoms with Crippen LogP contribution in [0, 0.1) is 17.8 Å². The molecule has 0 bridgehead atoms. The number of carbonyl (C=O) groups excluding carboxylic acids is 6. The normalized spacial score (nSPS) is 25.4. The average molecular weight is 1040 g/mol. The lowest BCUT2D eigenvalue weighted by Gasteiger charge is -2.29. The molecule has 11 atom stereocenters. The molecule has 2 saturated heterocycles. The van der Waals surface area contributed by atoms with E-state index >= 15 is 0 Å². The van der Waals surface area contributed by atoms with Crippen molar-refractivity contribution in [3.05, 3.63) is 35.9 Å². The standard InChI is InChI=1S/C45H70N8O14S3/c1-2-48-42(65)27-17-35(56)31(15-25-7-4-3-5-8-25)53-44(67)28(23-70-69-22-27)18-37(58)33(20-41(63)64)51-39(60)13-11-34(55)30(9-6-14-49-45(46)47)52-43(66)26-16-36(57)32(19-40(61)62)50-38(59)12-10-29(54)24-68-21-26/h3-5,7-8,26-33,36,39,44,51,53-54,57,60,67H,2,6,9-24H2,1H3,(H,48,65)(H,50,59)(H,52,66)(H,61,62)(H,63,64)(H4,46,47,49)/t26-,27-,28-,29+,30-,31-,32-,33-,36+,39?,44?/m0/s1. The van der Waals surface area contributed by atoms with Crippen molar-refractivity contribution in [3.63, 3.8) is 0 Å². The van der Waals surface area contributed by atoms with Gasteiger partial charge < -0.3 is 58.1 Å². The van der Waals surface area contributed by atoms with E-state index in [0.29, 0.717) is 6.54 Å². The van der Waals surface area contributed by atoms with Gasteiger partial charge in [-0.05, 0) is 51.0 Å². The summed E-state index contributed by atoms with van der Waals surface area (Å²) in [6, 6.07) is 4.19. The first-order chi connectivity index (χ1) is 33.3. The third-order valence-corrected chi connectivity index (χ3v) is 15.5. The number of nitrogens with one attached hydrogen (secondary N) is 5. The van der Waals surface area contributed by atoms with Gasteiger partial charge in [-0.1, -0.05) is 51.9 Å². The van der Waals surface area contributed by atoms with Gasteiger partial charge >= 0.3 is 11.9 Å². The van der Waals surface area contributed by atoms with Gasteiger partial charge in [0.15, 0.2) is 23.3 Å². The van der Waals surface area contributed by atoms with Crippen molar-refractivity contribution in [2.75, 3.05) is 36.1 Å². The van der Waals surface area contributed by atoms with Crippen LogP contribution in [0.3, 0.4) is 0 Å². The second kappa shape index (κ2) is 31.9. The molecular weight excluding hydrogens is 973 g/mol. The molecule has 2 aliphatic heterocycles. The number of carbonyl (C=O) groups is 8. The maximum atomic E-state index is 13.9. The van der Waals surface area contributed by atoms with Crippen LogP contribution in [0.2, 0.25) is 0 Å². The zero-order chi connectivity index (χ0) is 51.8. The lowest BCUT2D eigenvalue weighted by Crippen LogP contribution is -2.51. The van der Waals surface area contributed by atoms with Crippen molar-refractivity contribution in [2.45, 2.75) is 133 Å². The number of guanidine groups is 1. The first kappa shape index (κ1) is 60.0. The van der Waals surface area contributed by atoms with Gasteiger partial charge in [0.2, 0.25) is 17.7 Å². The summed E-state index contributed by atoms with van der Waals surface area (Å²) >= 11 is 1.18. The van der Waals surface area contributed by atoms with Crippen LogP contribution in [-0.2, 0) is 44.8 Å². The third-order valence-electron chi connectivity index (χ3n) is 11.7. The predicted octanol–water partition coefficient (Wildman–Crippen LogP) is -0.959. The third kappa shape index (κ3) is 22.8. The highest BCUT2D eigenvalue weighted by atomic mass is 33.1. The van der Waals surface area contributed by atoms with E-state index in [-0.39, 0.29) is 111 Å². The van der Waals surface area contributed by atoms with Gasteiger partial charge in [0.05, 0.1) is 55.1 Å². The number of carboxylic acid groups (broad SMARTS) is 2. The SMILES string of the molecule is CCNC(=O)[C@@H]1CSSC[C@H](CC(=O)[C@H](CC(=O)O)NC(O)CCC(=O)[C@H](CCCN=C(N)N)NC(=O)[C@@H]2CSC[C@H](O)CCC(=O)N[C@@H](CC(=O)O)[C@H](O)C2)C(O)N[C@@H](Cc2ccccc2)C(=O)C1. The van der Waals surface area contributed by atoms with Crippen molar-refractivity contribution >= 4 is 86.3 Å². The van der Waals surface area contributed by atoms with Crippen LogP contribution in [0.1, 0.15) is 83.1 Å². The molecule has 70 heavy (non-hydrogen) atoms. The molecule has 392 valence electrons. The molecule has 2 fully saturated rings. The Morgan fingerprint density at radius 2 is 1.59 bits per heavy atom. The number of ketones is 3. The second-order valence-corrected chi connectivity index (χ2v) is 21.1. The average Bonchev–Trinajstić information content (AvgIpc) is 3.31. The van der Waals surface area contributed by atoms with Gasteiger partial charge in [0.1, 0.15) is 12.5 Å². The van der Waals surface area contributed by atoms with E-state index in [1.165, 1.54) is 33.3 Å². The number of rotatable bonds is 23.